The molecule has 2 atom stereocenters. The number of benzene rings is 1. The molecule has 0 spiro atoms. The Hall–Kier alpha value is -1.61. The topological polar surface area (TPSA) is 74.5 Å². The lowest BCUT2D eigenvalue weighted by Gasteiger charge is -2.15. The zero-order chi connectivity index (χ0) is 14.2. The maximum Gasteiger partial charge on any atom is 0.120 e. The summed E-state index contributed by atoms with van der Waals surface area (Å²) in [6.45, 7) is 2.28. The normalized spacial score (nSPS) is 19.5. The molecule has 1 heterocycles. The molecule has 5 heteroatoms. The highest BCUT2D eigenvalue weighted by Gasteiger charge is 2.15. The maximum atomic E-state index is 9.82. The molecule has 0 radical (unpaired) electrons. The third-order valence-corrected chi connectivity index (χ3v) is 3.18. The van der Waals surface area contributed by atoms with Gasteiger partial charge in [-0.15, -0.1) is 0 Å². The second-order valence-corrected chi connectivity index (χ2v) is 4.90. The Morgan fingerprint density at radius 2 is 2.45 bits per heavy atom. The zero-order valence-corrected chi connectivity index (χ0v) is 11.4. The van der Waals surface area contributed by atoms with Crippen molar-refractivity contribution in [3.63, 3.8) is 0 Å². The van der Waals surface area contributed by atoms with Gasteiger partial charge in [0.25, 0.3) is 0 Å². The molecule has 2 N–H and O–H groups in total. The average Bonchev–Trinajstić information content (AvgIpc) is 2.98. The molecule has 0 saturated carbocycles. The predicted octanol–water partition coefficient (Wildman–Crippen LogP) is 1.07. The Kier molecular flexibility index (Phi) is 5.81. The number of hydrogen-bond acceptors (Lipinski definition) is 5. The zero-order valence-electron chi connectivity index (χ0n) is 11.4. The molecule has 1 saturated heterocycles. The van der Waals surface area contributed by atoms with Gasteiger partial charge >= 0.3 is 0 Å². The molecular formula is C15H20N2O3. The van der Waals surface area contributed by atoms with Gasteiger partial charge in [0.2, 0.25) is 0 Å². The van der Waals surface area contributed by atoms with Gasteiger partial charge < -0.3 is 19.9 Å². The van der Waals surface area contributed by atoms with E-state index in [4.69, 9.17) is 14.7 Å². The Balaban J connectivity index is 1.64. The molecule has 5 nitrogen and oxygen atoms in total. The highest BCUT2D eigenvalue weighted by Crippen LogP contribution is 2.13. The van der Waals surface area contributed by atoms with Crippen molar-refractivity contribution >= 4 is 0 Å². The van der Waals surface area contributed by atoms with E-state index in [0.29, 0.717) is 17.9 Å². The van der Waals surface area contributed by atoms with Crippen molar-refractivity contribution in [2.45, 2.75) is 25.0 Å². The van der Waals surface area contributed by atoms with Gasteiger partial charge in [0, 0.05) is 19.7 Å². The molecule has 0 amide bonds. The highest BCUT2D eigenvalue weighted by atomic mass is 16.5. The summed E-state index contributed by atoms with van der Waals surface area (Å²) >= 11 is 0. The smallest absolute Gasteiger partial charge is 0.120 e. The average molecular weight is 276 g/mol. The quantitative estimate of drug-likeness (QED) is 0.779. The van der Waals surface area contributed by atoms with Gasteiger partial charge in [0.15, 0.2) is 0 Å². The van der Waals surface area contributed by atoms with Gasteiger partial charge in [-0.3, -0.25) is 0 Å². The molecule has 2 rings (SSSR count). The first-order valence-corrected chi connectivity index (χ1v) is 6.91. The predicted molar refractivity (Wildman–Crippen MR) is 74.5 cm³/mol. The van der Waals surface area contributed by atoms with Crippen molar-refractivity contribution in [2.75, 3.05) is 26.3 Å². The Bertz CT molecular complexity index is 453. The van der Waals surface area contributed by atoms with E-state index in [1.807, 2.05) is 0 Å². The SMILES string of the molecule is N#Cc1cccc(OCC(O)CNCC2CCCO2)c1. The molecule has 1 aromatic rings. The van der Waals surface area contributed by atoms with Crippen LogP contribution in [0.1, 0.15) is 18.4 Å². The van der Waals surface area contributed by atoms with E-state index in [9.17, 15) is 5.11 Å². The van der Waals surface area contributed by atoms with E-state index >= 15 is 0 Å². The van der Waals surface area contributed by atoms with Crippen molar-refractivity contribution in [3.05, 3.63) is 29.8 Å². The summed E-state index contributed by atoms with van der Waals surface area (Å²) in [5, 5.41) is 21.8. The molecule has 0 aromatic heterocycles. The van der Waals surface area contributed by atoms with Crippen LogP contribution in [0.2, 0.25) is 0 Å². The van der Waals surface area contributed by atoms with Crippen LogP contribution in [-0.2, 0) is 4.74 Å². The van der Waals surface area contributed by atoms with Crippen LogP contribution in [0.25, 0.3) is 0 Å². The summed E-state index contributed by atoms with van der Waals surface area (Å²) in [6.07, 6.45) is 1.89. The number of nitrogens with one attached hydrogen (secondary N) is 1. The molecule has 1 aromatic carbocycles. The molecule has 1 aliphatic rings. The number of aliphatic hydroxyl groups excluding tert-OH is 1. The van der Waals surface area contributed by atoms with E-state index in [2.05, 4.69) is 11.4 Å². The number of aliphatic hydroxyl groups is 1. The van der Waals surface area contributed by atoms with Crippen LogP contribution in [0, 0.1) is 11.3 Å². The minimum absolute atomic E-state index is 0.202. The molecule has 108 valence electrons. The Labute approximate surface area is 119 Å². The van der Waals surface area contributed by atoms with Crippen LogP contribution in [-0.4, -0.2) is 43.6 Å². The van der Waals surface area contributed by atoms with Gasteiger partial charge in [0.05, 0.1) is 17.7 Å². The number of nitrogens with zero attached hydrogens (tertiary/aromatic N) is 1. The fourth-order valence-electron chi connectivity index (χ4n) is 2.12. The standard InChI is InChI=1S/C15H20N2O3/c16-8-12-3-1-4-14(7-12)20-11-13(18)9-17-10-15-5-2-6-19-15/h1,3-4,7,13,15,17-18H,2,5-6,9-11H2. The van der Waals surface area contributed by atoms with E-state index in [0.717, 1.165) is 26.0 Å². The fraction of sp³-hybridized carbons (Fsp3) is 0.533. The van der Waals surface area contributed by atoms with Crippen molar-refractivity contribution in [1.82, 2.24) is 5.32 Å². The minimum Gasteiger partial charge on any atom is -0.491 e. The van der Waals surface area contributed by atoms with E-state index < -0.39 is 6.10 Å². The lowest BCUT2D eigenvalue weighted by atomic mass is 10.2. The van der Waals surface area contributed by atoms with Gasteiger partial charge in [0.1, 0.15) is 18.5 Å². The van der Waals surface area contributed by atoms with Crippen molar-refractivity contribution < 1.29 is 14.6 Å². The van der Waals surface area contributed by atoms with Crippen LogP contribution in [0.5, 0.6) is 5.75 Å². The molecule has 2 unspecified atom stereocenters. The summed E-state index contributed by atoms with van der Waals surface area (Å²) in [7, 11) is 0. The van der Waals surface area contributed by atoms with Gasteiger partial charge in [-0.1, -0.05) is 6.07 Å². The fourth-order valence-corrected chi connectivity index (χ4v) is 2.12. The summed E-state index contributed by atoms with van der Waals surface area (Å²) in [5.74, 6) is 0.599. The first-order valence-electron chi connectivity index (χ1n) is 6.91. The number of hydrogen-bond donors (Lipinski definition) is 2. The summed E-state index contributed by atoms with van der Waals surface area (Å²) in [6, 6.07) is 8.96. The van der Waals surface area contributed by atoms with E-state index in [1.165, 1.54) is 0 Å². The Morgan fingerprint density at radius 1 is 1.55 bits per heavy atom. The second-order valence-electron chi connectivity index (χ2n) is 4.90. The molecule has 1 aliphatic heterocycles. The van der Waals surface area contributed by atoms with Crippen LogP contribution in [0.4, 0.5) is 0 Å². The number of ether oxygens (including phenoxy) is 2. The molecular weight excluding hydrogens is 256 g/mol. The summed E-state index contributed by atoms with van der Waals surface area (Å²) in [5.41, 5.74) is 0.550. The second kappa shape index (κ2) is 7.85. The lowest BCUT2D eigenvalue weighted by molar-refractivity contribution is 0.0881. The van der Waals surface area contributed by atoms with Gasteiger partial charge in [-0.05, 0) is 31.0 Å². The Morgan fingerprint density at radius 3 is 3.20 bits per heavy atom. The molecule has 0 bridgehead atoms. The van der Waals surface area contributed by atoms with Crippen LogP contribution in [0.3, 0.4) is 0 Å². The third kappa shape index (κ3) is 4.82. The van der Waals surface area contributed by atoms with Crippen LogP contribution in [0.15, 0.2) is 24.3 Å². The van der Waals surface area contributed by atoms with Crippen molar-refractivity contribution in [2.24, 2.45) is 0 Å². The number of nitriles is 1. The van der Waals surface area contributed by atoms with Crippen molar-refractivity contribution in [3.8, 4) is 11.8 Å². The molecule has 0 aliphatic carbocycles. The van der Waals surface area contributed by atoms with Crippen LogP contribution >= 0.6 is 0 Å². The first kappa shape index (κ1) is 14.8. The third-order valence-electron chi connectivity index (χ3n) is 3.18. The number of rotatable bonds is 7. The molecule has 20 heavy (non-hydrogen) atoms. The van der Waals surface area contributed by atoms with E-state index in [1.54, 1.807) is 24.3 Å². The van der Waals surface area contributed by atoms with Crippen molar-refractivity contribution in [1.29, 1.82) is 5.26 Å². The van der Waals surface area contributed by atoms with Crippen LogP contribution < -0.4 is 10.1 Å². The highest BCUT2D eigenvalue weighted by molar-refractivity contribution is 5.36. The lowest BCUT2D eigenvalue weighted by Crippen LogP contribution is -2.35. The monoisotopic (exact) mass is 276 g/mol. The maximum absolute atomic E-state index is 9.82. The first-order chi connectivity index (χ1) is 9.78. The summed E-state index contributed by atoms with van der Waals surface area (Å²) < 4.78 is 10.9. The van der Waals surface area contributed by atoms with E-state index in [-0.39, 0.29) is 12.7 Å². The minimum atomic E-state index is -0.581. The largest absolute Gasteiger partial charge is 0.491 e. The summed E-state index contributed by atoms with van der Waals surface area (Å²) in [4.78, 5) is 0. The van der Waals surface area contributed by atoms with Gasteiger partial charge in [-0.2, -0.15) is 5.26 Å². The molecule has 1 fully saturated rings. The van der Waals surface area contributed by atoms with Gasteiger partial charge in [-0.25, -0.2) is 0 Å².